The number of hydrogen-bond acceptors (Lipinski definition) is 3. The van der Waals surface area contributed by atoms with E-state index in [9.17, 15) is 9.59 Å². The predicted molar refractivity (Wildman–Crippen MR) is 80.6 cm³/mol. The number of carboxylic acid groups (broad SMARTS) is 1. The second-order valence-electron chi connectivity index (χ2n) is 4.54. The molecule has 21 heavy (non-hydrogen) atoms. The monoisotopic (exact) mass is 284 g/mol. The molecule has 0 saturated carbocycles. The van der Waals surface area contributed by atoms with E-state index in [1.54, 1.807) is 18.2 Å². The van der Waals surface area contributed by atoms with Crippen LogP contribution in [0.1, 0.15) is 26.3 Å². The average Bonchev–Trinajstić information content (AvgIpc) is 2.48. The maximum atomic E-state index is 12.2. The Hall–Kier alpha value is -2.66. The average molecular weight is 284 g/mol. The molecule has 0 spiro atoms. The van der Waals surface area contributed by atoms with Gasteiger partial charge in [0.2, 0.25) is 0 Å². The highest BCUT2D eigenvalue weighted by Crippen LogP contribution is 2.14. The van der Waals surface area contributed by atoms with Crippen molar-refractivity contribution in [1.82, 2.24) is 5.32 Å². The van der Waals surface area contributed by atoms with Gasteiger partial charge in [-0.3, -0.25) is 4.79 Å². The molecule has 0 fully saturated rings. The van der Waals surface area contributed by atoms with Crippen LogP contribution >= 0.6 is 0 Å². The van der Waals surface area contributed by atoms with Crippen LogP contribution in [-0.2, 0) is 6.54 Å². The minimum Gasteiger partial charge on any atom is -0.478 e. The van der Waals surface area contributed by atoms with E-state index in [0.717, 1.165) is 5.56 Å². The third-order valence-corrected chi connectivity index (χ3v) is 2.97. The van der Waals surface area contributed by atoms with Gasteiger partial charge in [0.25, 0.3) is 5.91 Å². The first-order chi connectivity index (χ1) is 10.1. The summed E-state index contributed by atoms with van der Waals surface area (Å²) >= 11 is 0. The Morgan fingerprint density at radius 2 is 1.76 bits per heavy atom. The molecule has 0 aliphatic heterocycles. The molecule has 2 aromatic carbocycles. The van der Waals surface area contributed by atoms with Crippen molar-refractivity contribution in [3.8, 4) is 0 Å². The van der Waals surface area contributed by atoms with Crippen LogP contribution in [0.25, 0.3) is 0 Å². The third-order valence-electron chi connectivity index (χ3n) is 2.97. The van der Waals surface area contributed by atoms with Crippen molar-refractivity contribution in [1.29, 1.82) is 0 Å². The number of benzene rings is 2. The van der Waals surface area contributed by atoms with E-state index in [-0.39, 0.29) is 11.1 Å². The Morgan fingerprint density at radius 1 is 1.05 bits per heavy atom. The zero-order valence-corrected chi connectivity index (χ0v) is 11.6. The fraction of sp³-hybridized carbons (Fsp3) is 0.125. The van der Waals surface area contributed by atoms with Crippen LogP contribution in [0.15, 0.2) is 48.5 Å². The summed E-state index contributed by atoms with van der Waals surface area (Å²) in [5, 5.41) is 14.9. The fourth-order valence-electron chi connectivity index (χ4n) is 2.03. The van der Waals surface area contributed by atoms with Crippen LogP contribution in [0.5, 0.6) is 0 Å². The highest BCUT2D eigenvalue weighted by molar-refractivity contribution is 6.10. The third kappa shape index (κ3) is 3.67. The van der Waals surface area contributed by atoms with Crippen molar-refractivity contribution in [2.45, 2.75) is 6.54 Å². The SMILES string of the molecule is CNCc1cccc(NC(=O)c2ccccc2C(=O)O)c1. The normalized spacial score (nSPS) is 10.1. The topological polar surface area (TPSA) is 78.4 Å². The highest BCUT2D eigenvalue weighted by Gasteiger charge is 2.15. The van der Waals surface area contributed by atoms with Gasteiger partial charge in [-0.1, -0.05) is 24.3 Å². The predicted octanol–water partition coefficient (Wildman–Crippen LogP) is 2.36. The quantitative estimate of drug-likeness (QED) is 0.787. The van der Waals surface area contributed by atoms with E-state index in [2.05, 4.69) is 10.6 Å². The van der Waals surface area contributed by atoms with Crippen LogP contribution in [0.4, 0.5) is 5.69 Å². The van der Waals surface area contributed by atoms with Crippen molar-refractivity contribution >= 4 is 17.6 Å². The molecule has 2 rings (SSSR count). The van der Waals surface area contributed by atoms with Crippen molar-refractivity contribution in [2.75, 3.05) is 12.4 Å². The summed E-state index contributed by atoms with van der Waals surface area (Å²) in [7, 11) is 1.84. The van der Waals surface area contributed by atoms with E-state index in [4.69, 9.17) is 5.11 Å². The number of carbonyl (C=O) groups excluding carboxylic acids is 1. The number of amides is 1. The van der Waals surface area contributed by atoms with Gasteiger partial charge in [0.15, 0.2) is 0 Å². The van der Waals surface area contributed by atoms with Crippen LogP contribution < -0.4 is 10.6 Å². The molecular formula is C16H16N2O3. The summed E-state index contributed by atoms with van der Waals surface area (Å²) in [6, 6.07) is 13.5. The molecule has 0 heterocycles. The molecule has 0 aliphatic carbocycles. The molecule has 5 heteroatoms. The van der Waals surface area contributed by atoms with Crippen LogP contribution in [-0.4, -0.2) is 24.0 Å². The first-order valence-electron chi connectivity index (χ1n) is 6.49. The van der Waals surface area contributed by atoms with E-state index < -0.39 is 11.9 Å². The molecule has 2 aromatic rings. The van der Waals surface area contributed by atoms with Gasteiger partial charge in [0.05, 0.1) is 11.1 Å². The lowest BCUT2D eigenvalue weighted by atomic mass is 10.1. The number of carboxylic acids is 1. The van der Waals surface area contributed by atoms with E-state index >= 15 is 0 Å². The van der Waals surface area contributed by atoms with Gasteiger partial charge in [-0.15, -0.1) is 0 Å². The lowest BCUT2D eigenvalue weighted by molar-refractivity contribution is 0.0692. The zero-order chi connectivity index (χ0) is 15.2. The first kappa shape index (κ1) is 14.7. The Labute approximate surface area is 122 Å². The van der Waals surface area contributed by atoms with Crippen molar-refractivity contribution in [3.05, 3.63) is 65.2 Å². The Morgan fingerprint density at radius 3 is 2.43 bits per heavy atom. The van der Waals surface area contributed by atoms with Gasteiger partial charge >= 0.3 is 5.97 Å². The van der Waals surface area contributed by atoms with Crippen molar-refractivity contribution in [3.63, 3.8) is 0 Å². The Bertz CT molecular complexity index is 668. The molecule has 0 aliphatic rings. The molecule has 0 atom stereocenters. The minimum absolute atomic E-state index is 0.0126. The van der Waals surface area contributed by atoms with Gasteiger partial charge in [-0.2, -0.15) is 0 Å². The molecule has 108 valence electrons. The number of aromatic carboxylic acids is 1. The molecule has 3 N–H and O–H groups in total. The van der Waals surface area contributed by atoms with E-state index in [1.807, 2.05) is 25.2 Å². The van der Waals surface area contributed by atoms with Gasteiger partial charge in [0.1, 0.15) is 0 Å². The Kier molecular flexibility index (Phi) is 4.68. The zero-order valence-electron chi connectivity index (χ0n) is 11.6. The van der Waals surface area contributed by atoms with E-state index in [1.165, 1.54) is 12.1 Å². The summed E-state index contributed by atoms with van der Waals surface area (Å²) in [6.07, 6.45) is 0. The molecule has 0 bridgehead atoms. The number of anilines is 1. The largest absolute Gasteiger partial charge is 0.478 e. The Balaban J connectivity index is 2.22. The summed E-state index contributed by atoms with van der Waals surface area (Å²) < 4.78 is 0. The summed E-state index contributed by atoms with van der Waals surface area (Å²) in [6.45, 7) is 0.690. The second-order valence-corrected chi connectivity index (χ2v) is 4.54. The van der Waals surface area contributed by atoms with Gasteiger partial charge in [-0.05, 0) is 36.9 Å². The number of hydrogen-bond donors (Lipinski definition) is 3. The van der Waals surface area contributed by atoms with Gasteiger partial charge in [-0.25, -0.2) is 4.79 Å². The molecule has 0 saturated heterocycles. The number of nitrogens with one attached hydrogen (secondary N) is 2. The number of rotatable bonds is 5. The van der Waals surface area contributed by atoms with Crippen molar-refractivity contribution < 1.29 is 14.7 Å². The smallest absolute Gasteiger partial charge is 0.336 e. The van der Waals surface area contributed by atoms with Gasteiger partial charge < -0.3 is 15.7 Å². The molecule has 0 unspecified atom stereocenters. The summed E-state index contributed by atoms with van der Waals surface area (Å²) in [4.78, 5) is 23.3. The van der Waals surface area contributed by atoms with Gasteiger partial charge in [0, 0.05) is 12.2 Å². The molecule has 0 aromatic heterocycles. The summed E-state index contributed by atoms with van der Waals surface area (Å²) in [5.74, 6) is -1.56. The minimum atomic E-state index is -1.12. The van der Waals surface area contributed by atoms with Crippen LogP contribution in [0.3, 0.4) is 0 Å². The van der Waals surface area contributed by atoms with Crippen LogP contribution in [0, 0.1) is 0 Å². The summed E-state index contributed by atoms with van der Waals surface area (Å²) in [5.41, 5.74) is 1.79. The molecule has 1 amide bonds. The molecular weight excluding hydrogens is 268 g/mol. The second kappa shape index (κ2) is 6.67. The lowest BCUT2D eigenvalue weighted by Gasteiger charge is -2.09. The maximum Gasteiger partial charge on any atom is 0.336 e. The first-order valence-corrected chi connectivity index (χ1v) is 6.49. The molecule has 0 radical (unpaired) electrons. The lowest BCUT2D eigenvalue weighted by Crippen LogP contribution is -2.16. The highest BCUT2D eigenvalue weighted by atomic mass is 16.4. The maximum absolute atomic E-state index is 12.2. The fourth-order valence-corrected chi connectivity index (χ4v) is 2.03. The molecule has 5 nitrogen and oxygen atoms in total. The number of carbonyl (C=O) groups is 2. The van der Waals surface area contributed by atoms with Crippen molar-refractivity contribution in [2.24, 2.45) is 0 Å². The standard InChI is InChI=1S/C16H16N2O3/c1-17-10-11-5-4-6-12(9-11)18-15(19)13-7-2-3-8-14(13)16(20)21/h2-9,17H,10H2,1H3,(H,18,19)(H,20,21). The van der Waals surface area contributed by atoms with Crippen LogP contribution in [0.2, 0.25) is 0 Å². The van der Waals surface area contributed by atoms with E-state index in [0.29, 0.717) is 12.2 Å².